The molecule has 0 atom stereocenters. The second-order valence-electron chi connectivity index (χ2n) is 6.54. The lowest BCUT2D eigenvalue weighted by Gasteiger charge is -2.37. The van der Waals surface area contributed by atoms with E-state index in [1.807, 2.05) is 0 Å². The molecule has 1 spiro atoms. The van der Waals surface area contributed by atoms with Crippen LogP contribution in [0.4, 0.5) is 5.69 Å². The Morgan fingerprint density at radius 1 is 1.23 bits per heavy atom. The van der Waals surface area contributed by atoms with E-state index in [2.05, 4.69) is 6.07 Å². The van der Waals surface area contributed by atoms with Crippen molar-refractivity contribution in [1.82, 2.24) is 4.90 Å². The predicted molar refractivity (Wildman–Crippen MR) is 94.3 cm³/mol. The van der Waals surface area contributed by atoms with E-state index in [0.717, 1.165) is 0 Å². The fraction of sp³-hybridized carbons (Fsp3) is 0.526. The summed E-state index contributed by atoms with van der Waals surface area (Å²) in [6.45, 7) is 4.10. The van der Waals surface area contributed by atoms with Gasteiger partial charge in [-0.3, -0.25) is 9.59 Å². The van der Waals surface area contributed by atoms with Crippen molar-refractivity contribution in [3.8, 4) is 6.07 Å². The van der Waals surface area contributed by atoms with E-state index in [4.69, 9.17) is 9.47 Å². The van der Waals surface area contributed by atoms with Crippen LogP contribution in [0.5, 0.6) is 0 Å². The van der Waals surface area contributed by atoms with Crippen molar-refractivity contribution in [2.45, 2.75) is 32.0 Å². The fourth-order valence-electron chi connectivity index (χ4n) is 3.50. The highest BCUT2D eigenvalue weighted by atomic mass is 16.7. The van der Waals surface area contributed by atoms with E-state index >= 15 is 0 Å². The minimum Gasteiger partial charge on any atom is -0.347 e. The van der Waals surface area contributed by atoms with Crippen LogP contribution in [0.2, 0.25) is 0 Å². The number of benzene rings is 1. The van der Waals surface area contributed by atoms with Gasteiger partial charge in [-0.25, -0.2) is 0 Å². The maximum atomic E-state index is 12.6. The third-order valence-corrected chi connectivity index (χ3v) is 4.94. The van der Waals surface area contributed by atoms with Gasteiger partial charge in [0.15, 0.2) is 5.79 Å². The van der Waals surface area contributed by atoms with Crippen LogP contribution < -0.4 is 4.90 Å². The normalized spacial score (nSPS) is 18.5. The molecule has 1 aromatic rings. The number of rotatable bonds is 4. The molecule has 0 bridgehead atoms. The van der Waals surface area contributed by atoms with Gasteiger partial charge in [0.05, 0.1) is 24.5 Å². The lowest BCUT2D eigenvalue weighted by Crippen LogP contribution is -2.48. The molecule has 1 aromatic carbocycles. The molecule has 7 heteroatoms. The minimum absolute atomic E-state index is 0.00136. The van der Waals surface area contributed by atoms with Gasteiger partial charge in [0.1, 0.15) is 6.07 Å². The average molecular weight is 357 g/mol. The molecule has 3 rings (SSSR count). The monoisotopic (exact) mass is 357 g/mol. The summed E-state index contributed by atoms with van der Waals surface area (Å²) >= 11 is 0. The van der Waals surface area contributed by atoms with Gasteiger partial charge in [0.2, 0.25) is 11.8 Å². The summed E-state index contributed by atoms with van der Waals surface area (Å²) in [4.78, 5) is 27.9. The van der Waals surface area contributed by atoms with Crippen LogP contribution >= 0.6 is 0 Å². The average Bonchev–Trinajstić information content (AvgIpc) is 3.10. The van der Waals surface area contributed by atoms with Crippen LogP contribution in [0.3, 0.4) is 0 Å². The Balaban J connectivity index is 1.59. The zero-order valence-corrected chi connectivity index (χ0v) is 14.9. The summed E-state index contributed by atoms with van der Waals surface area (Å²) < 4.78 is 11.4. The largest absolute Gasteiger partial charge is 0.347 e. The molecule has 2 saturated heterocycles. The lowest BCUT2D eigenvalue weighted by molar-refractivity contribution is -0.187. The Bertz CT molecular complexity index is 712. The maximum absolute atomic E-state index is 12.6. The van der Waals surface area contributed by atoms with Crippen molar-refractivity contribution < 1.29 is 19.1 Å². The Hall–Kier alpha value is -2.43. The molecule has 2 aliphatic heterocycles. The highest BCUT2D eigenvalue weighted by Crippen LogP contribution is 2.31. The van der Waals surface area contributed by atoms with Gasteiger partial charge in [-0.2, -0.15) is 5.26 Å². The maximum Gasteiger partial charge on any atom is 0.224 e. The van der Waals surface area contributed by atoms with Crippen molar-refractivity contribution in [1.29, 1.82) is 5.26 Å². The SMILES string of the molecule is CC(=O)N(CCC(=O)N1CCC2(CC1)OCCO2)c1ccccc1C#N. The molecule has 0 unspecified atom stereocenters. The summed E-state index contributed by atoms with van der Waals surface area (Å²) in [5, 5.41) is 9.24. The number of hydrogen-bond donors (Lipinski definition) is 0. The summed E-state index contributed by atoms with van der Waals surface area (Å²) in [5.41, 5.74) is 0.964. The first-order valence-corrected chi connectivity index (χ1v) is 8.87. The van der Waals surface area contributed by atoms with Crippen molar-refractivity contribution in [3.63, 3.8) is 0 Å². The quantitative estimate of drug-likeness (QED) is 0.818. The molecule has 7 nitrogen and oxygen atoms in total. The van der Waals surface area contributed by atoms with E-state index < -0.39 is 5.79 Å². The van der Waals surface area contributed by atoms with Crippen LogP contribution in [0.25, 0.3) is 0 Å². The minimum atomic E-state index is -0.506. The van der Waals surface area contributed by atoms with Crippen LogP contribution in [0.15, 0.2) is 24.3 Å². The van der Waals surface area contributed by atoms with Gasteiger partial charge >= 0.3 is 0 Å². The molecule has 0 aliphatic carbocycles. The van der Waals surface area contributed by atoms with E-state index in [9.17, 15) is 14.9 Å². The zero-order chi connectivity index (χ0) is 18.6. The molecule has 2 amide bonds. The van der Waals surface area contributed by atoms with E-state index in [-0.39, 0.29) is 24.8 Å². The number of anilines is 1. The molecule has 2 aliphatic rings. The van der Waals surface area contributed by atoms with Gasteiger partial charge in [-0.1, -0.05) is 12.1 Å². The van der Waals surface area contributed by atoms with Crippen molar-refractivity contribution in [2.24, 2.45) is 0 Å². The Morgan fingerprint density at radius 2 is 1.88 bits per heavy atom. The smallest absolute Gasteiger partial charge is 0.224 e. The number of nitriles is 1. The topological polar surface area (TPSA) is 82.9 Å². The third-order valence-electron chi connectivity index (χ3n) is 4.94. The molecule has 0 aromatic heterocycles. The van der Waals surface area contributed by atoms with Gasteiger partial charge in [-0.15, -0.1) is 0 Å². The summed E-state index contributed by atoms with van der Waals surface area (Å²) in [7, 11) is 0. The zero-order valence-electron chi connectivity index (χ0n) is 14.9. The van der Waals surface area contributed by atoms with Gasteiger partial charge in [0.25, 0.3) is 0 Å². The van der Waals surface area contributed by atoms with Gasteiger partial charge < -0.3 is 19.3 Å². The van der Waals surface area contributed by atoms with E-state index in [1.165, 1.54) is 11.8 Å². The molecule has 0 radical (unpaired) electrons. The van der Waals surface area contributed by atoms with Crippen LogP contribution in [0.1, 0.15) is 31.7 Å². The van der Waals surface area contributed by atoms with Crippen LogP contribution in [-0.2, 0) is 19.1 Å². The van der Waals surface area contributed by atoms with E-state index in [0.29, 0.717) is 50.4 Å². The molecule has 0 saturated carbocycles. The third kappa shape index (κ3) is 3.87. The molecular weight excluding hydrogens is 334 g/mol. The van der Waals surface area contributed by atoms with Crippen LogP contribution in [-0.4, -0.2) is 55.3 Å². The Labute approximate surface area is 153 Å². The molecule has 0 N–H and O–H groups in total. The second-order valence-corrected chi connectivity index (χ2v) is 6.54. The summed E-state index contributed by atoms with van der Waals surface area (Å²) in [6.07, 6.45) is 1.56. The number of carbonyl (C=O) groups is 2. The van der Waals surface area contributed by atoms with Crippen molar-refractivity contribution in [2.75, 3.05) is 37.7 Å². The predicted octanol–water partition coefficient (Wildman–Crippen LogP) is 1.67. The van der Waals surface area contributed by atoms with Crippen molar-refractivity contribution >= 4 is 17.5 Å². The number of carbonyl (C=O) groups excluding carboxylic acids is 2. The first-order valence-electron chi connectivity index (χ1n) is 8.87. The highest BCUT2D eigenvalue weighted by Gasteiger charge is 2.40. The fourth-order valence-corrected chi connectivity index (χ4v) is 3.50. The number of likely N-dealkylation sites (tertiary alicyclic amines) is 1. The van der Waals surface area contributed by atoms with E-state index in [1.54, 1.807) is 29.2 Å². The number of ether oxygens (including phenoxy) is 2. The van der Waals surface area contributed by atoms with Gasteiger partial charge in [-0.05, 0) is 12.1 Å². The first kappa shape index (κ1) is 18.4. The Kier molecular flexibility index (Phi) is 5.55. The second kappa shape index (κ2) is 7.85. The molecule has 138 valence electrons. The standard InChI is InChI=1S/C19H23N3O4/c1-15(23)22(17-5-3-2-4-16(17)14-20)9-6-18(24)21-10-7-19(8-11-21)25-12-13-26-19/h2-5H,6-13H2,1H3. The molecular formula is C19H23N3O4. The summed E-state index contributed by atoms with van der Waals surface area (Å²) in [6, 6.07) is 9.01. The summed E-state index contributed by atoms with van der Waals surface area (Å²) in [5.74, 6) is -0.696. The van der Waals surface area contributed by atoms with Crippen molar-refractivity contribution in [3.05, 3.63) is 29.8 Å². The Morgan fingerprint density at radius 3 is 2.50 bits per heavy atom. The molecule has 26 heavy (non-hydrogen) atoms. The lowest BCUT2D eigenvalue weighted by atomic mass is 10.0. The number of para-hydroxylation sites is 1. The highest BCUT2D eigenvalue weighted by molar-refractivity contribution is 5.93. The molecule has 2 fully saturated rings. The molecule has 2 heterocycles. The number of piperidine rings is 1. The number of hydrogen-bond acceptors (Lipinski definition) is 5. The van der Waals surface area contributed by atoms with Crippen LogP contribution in [0, 0.1) is 11.3 Å². The number of nitrogens with zero attached hydrogens (tertiary/aromatic N) is 3. The van der Waals surface area contributed by atoms with Gasteiger partial charge in [0, 0.05) is 45.8 Å². The number of amides is 2. The first-order chi connectivity index (χ1) is 12.5.